The molecular formula is C15H13Br2NO. The molecule has 0 saturated heterocycles. The van der Waals surface area contributed by atoms with Crippen LogP contribution in [0.15, 0.2) is 57.5 Å². The molecule has 0 aromatic heterocycles. The number of rotatable bonds is 4. The number of amides is 1. The Morgan fingerprint density at radius 3 is 2.37 bits per heavy atom. The van der Waals surface area contributed by atoms with Crippen LogP contribution < -0.4 is 5.32 Å². The van der Waals surface area contributed by atoms with E-state index in [0.717, 1.165) is 20.1 Å². The first-order valence-electron chi connectivity index (χ1n) is 5.89. The minimum absolute atomic E-state index is 0.0299. The number of halogens is 2. The molecule has 0 fully saturated rings. The molecule has 1 N–H and O–H groups in total. The SMILES string of the molecule is O=C(Cc1ccc(Br)cc1)NCc1cccc(Br)c1. The Balaban J connectivity index is 1.86. The van der Waals surface area contributed by atoms with Crippen molar-refractivity contribution in [2.24, 2.45) is 0 Å². The number of benzene rings is 2. The van der Waals surface area contributed by atoms with Crippen molar-refractivity contribution in [2.45, 2.75) is 13.0 Å². The first-order chi connectivity index (χ1) is 9.13. The van der Waals surface area contributed by atoms with Crippen molar-refractivity contribution in [1.82, 2.24) is 5.32 Å². The maximum absolute atomic E-state index is 11.8. The molecule has 0 atom stereocenters. The first kappa shape index (κ1) is 14.3. The molecule has 2 aromatic carbocycles. The van der Waals surface area contributed by atoms with Gasteiger partial charge in [-0.1, -0.05) is 56.1 Å². The molecular weight excluding hydrogens is 370 g/mol. The van der Waals surface area contributed by atoms with Crippen LogP contribution in [0, 0.1) is 0 Å². The van der Waals surface area contributed by atoms with Crippen LogP contribution in [0.2, 0.25) is 0 Å². The lowest BCUT2D eigenvalue weighted by atomic mass is 10.1. The zero-order valence-corrected chi connectivity index (χ0v) is 13.4. The molecule has 2 nitrogen and oxygen atoms in total. The number of hydrogen-bond acceptors (Lipinski definition) is 1. The lowest BCUT2D eigenvalue weighted by molar-refractivity contribution is -0.120. The minimum atomic E-state index is 0.0299. The summed E-state index contributed by atoms with van der Waals surface area (Å²) < 4.78 is 2.04. The van der Waals surface area contributed by atoms with Crippen LogP contribution in [0.3, 0.4) is 0 Å². The molecule has 2 aromatic rings. The third kappa shape index (κ3) is 4.80. The van der Waals surface area contributed by atoms with Gasteiger partial charge in [-0.2, -0.15) is 0 Å². The van der Waals surface area contributed by atoms with E-state index in [0.29, 0.717) is 13.0 Å². The Morgan fingerprint density at radius 1 is 0.947 bits per heavy atom. The van der Waals surface area contributed by atoms with Gasteiger partial charge >= 0.3 is 0 Å². The standard InChI is InChI=1S/C15H13Br2NO/c16-13-6-4-11(5-7-13)9-15(19)18-10-12-2-1-3-14(17)8-12/h1-8H,9-10H2,(H,18,19). The fourth-order valence-electron chi connectivity index (χ4n) is 1.70. The van der Waals surface area contributed by atoms with Gasteiger partial charge in [-0.15, -0.1) is 0 Å². The van der Waals surface area contributed by atoms with Crippen LogP contribution in [0.4, 0.5) is 0 Å². The van der Waals surface area contributed by atoms with E-state index in [9.17, 15) is 4.79 Å². The molecule has 0 spiro atoms. The predicted molar refractivity (Wildman–Crippen MR) is 83.8 cm³/mol. The van der Waals surface area contributed by atoms with Crippen molar-refractivity contribution in [2.75, 3.05) is 0 Å². The molecule has 98 valence electrons. The van der Waals surface area contributed by atoms with Crippen molar-refractivity contribution in [3.63, 3.8) is 0 Å². The van der Waals surface area contributed by atoms with Gasteiger partial charge in [-0.3, -0.25) is 4.79 Å². The number of carbonyl (C=O) groups is 1. The topological polar surface area (TPSA) is 29.1 Å². The van der Waals surface area contributed by atoms with Crippen molar-refractivity contribution in [3.05, 3.63) is 68.6 Å². The largest absolute Gasteiger partial charge is 0.352 e. The summed E-state index contributed by atoms with van der Waals surface area (Å²) in [5.41, 5.74) is 2.09. The van der Waals surface area contributed by atoms with Gasteiger partial charge in [0, 0.05) is 15.5 Å². The third-order valence-corrected chi connectivity index (χ3v) is 3.68. The highest BCUT2D eigenvalue weighted by molar-refractivity contribution is 9.10. The second-order valence-electron chi connectivity index (χ2n) is 4.21. The van der Waals surface area contributed by atoms with Gasteiger partial charge < -0.3 is 5.32 Å². The van der Waals surface area contributed by atoms with Crippen LogP contribution in [0.25, 0.3) is 0 Å². The van der Waals surface area contributed by atoms with E-state index in [-0.39, 0.29) is 5.91 Å². The van der Waals surface area contributed by atoms with Crippen molar-refractivity contribution in [1.29, 1.82) is 0 Å². The zero-order valence-electron chi connectivity index (χ0n) is 10.2. The minimum Gasteiger partial charge on any atom is -0.352 e. The molecule has 0 heterocycles. The van der Waals surface area contributed by atoms with E-state index in [1.807, 2.05) is 48.5 Å². The van der Waals surface area contributed by atoms with E-state index in [2.05, 4.69) is 37.2 Å². The lowest BCUT2D eigenvalue weighted by Gasteiger charge is -2.06. The normalized spacial score (nSPS) is 10.2. The fourth-order valence-corrected chi connectivity index (χ4v) is 2.41. The quantitative estimate of drug-likeness (QED) is 0.848. The van der Waals surface area contributed by atoms with E-state index in [1.165, 1.54) is 0 Å². The molecule has 0 unspecified atom stereocenters. The van der Waals surface area contributed by atoms with Crippen LogP contribution in [-0.4, -0.2) is 5.91 Å². The molecule has 0 saturated carbocycles. The van der Waals surface area contributed by atoms with E-state index < -0.39 is 0 Å². The van der Waals surface area contributed by atoms with Gasteiger partial charge in [0.15, 0.2) is 0 Å². The molecule has 2 rings (SSSR count). The molecule has 0 aliphatic carbocycles. The van der Waals surface area contributed by atoms with Gasteiger partial charge in [-0.05, 0) is 35.4 Å². The molecule has 0 aliphatic rings. The molecule has 19 heavy (non-hydrogen) atoms. The van der Waals surface area contributed by atoms with E-state index in [4.69, 9.17) is 0 Å². The Hall–Kier alpha value is -1.13. The van der Waals surface area contributed by atoms with Gasteiger partial charge in [0.1, 0.15) is 0 Å². The van der Waals surface area contributed by atoms with Crippen LogP contribution in [0.1, 0.15) is 11.1 Å². The highest BCUT2D eigenvalue weighted by Crippen LogP contribution is 2.12. The summed E-state index contributed by atoms with van der Waals surface area (Å²) >= 11 is 6.79. The van der Waals surface area contributed by atoms with Crippen molar-refractivity contribution < 1.29 is 4.79 Å². The molecule has 4 heteroatoms. The van der Waals surface area contributed by atoms with Gasteiger partial charge in [0.25, 0.3) is 0 Å². The number of carbonyl (C=O) groups excluding carboxylic acids is 1. The number of hydrogen-bond donors (Lipinski definition) is 1. The highest BCUT2D eigenvalue weighted by atomic mass is 79.9. The Labute approximate surface area is 129 Å². The van der Waals surface area contributed by atoms with E-state index >= 15 is 0 Å². The second kappa shape index (κ2) is 6.87. The molecule has 0 aliphatic heterocycles. The van der Waals surface area contributed by atoms with Crippen LogP contribution >= 0.6 is 31.9 Å². The summed E-state index contributed by atoms with van der Waals surface area (Å²) in [4.78, 5) is 11.8. The molecule has 0 radical (unpaired) electrons. The summed E-state index contributed by atoms with van der Waals surface area (Å²) in [5, 5.41) is 2.92. The average molecular weight is 383 g/mol. The maximum Gasteiger partial charge on any atom is 0.224 e. The summed E-state index contributed by atoms with van der Waals surface area (Å²) in [6, 6.07) is 15.7. The third-order valence-electron chi connectivity index (χ3n) is 2.66. The molecule has 1 amide bonds. The van der Waals surface area contributed by atoms with Crippen LogP contribution in [-0.2, 0) is 17.8 Å². The Morgan fingerprint density at radius 2 is 1.68 bits per heavy atom. The van der Waals surface area contributed by atoms with Gasteiger partial charge in [0.2, 0.25) is 5.91 Å². The lowest BCUT2D eigenvalue weighted by Crippen LogP contribution is -2.24. The predicted octanol–water partition coefficient (Wildman–Crippen LogP) is 4.07. The Bertz CT molecular complexity index is 567. The average Bonchev–Trinajstić information content (AvgIpc) is 2.39. The maximum atomic E-state index is 11.8. The first-order valence-corrected chi connectivity index (χ1v) is 7.48. The van der Waals surface area contributed by atoms with Crippen LogP contribution in [0.5, 0.6) is 0 Å². The van der Waals surface area contributed by atoms with Gasteiger partial charge in [0.05, 0.1) is 6.42 Å². The van der Waals surface area contributed by atoms with Crippen molar-refractivity contribution >= 4 is 37.8 Å². The van der Waals surface area contributed by atoms with Gasteiger partial charge in [-0.25, -0.2) is 0 Å². The molecule has 0 bridgehead atoms. The summed E-state index contributed by atoms with van der Waals surface area (Å²) in [6.45, 7) is 0.550. The monoisotopic (exact) mass is 381 g/mol. The Kier molecular flexibility index (Phi) is 5.16. The summed E-state index contributed by atoms with van der Waals surface area (Å²) in [7, 11) is 0. The summed E-state index contributed by atoms with van der Waals surface area (Å²) in [5.74, 6) is 0.0299. The number of nitrogens with one attached hydrogen (secondary N) is 1. The summed E-state index contributed by atoms with van der Waals surface area (Å²) in [6.07, 6.45) is 0.404. The smallest absolute Gasteiger partial charge is 0.224 e. The van der Waals surface area contributed by atoms with Crippen molar-refractivity contribution in [3.8, 4) is 0 Å². The highest BCUT2D eigenvalue weighted by Gasteiger charge is 2.03. The second-order valence-corrected chi connectivity index (χ2v) is 6.04. The fraction of sp³-hybridized carbons (Fsp3) is 0.133. The van der Waals surface area contributed by atoms with E-state index in [1.54, 1.807) is 0 Å². The zero-order chi connectivity index (χ0) is 13.7.